The molecule has 3 rings (SSSR count). The van der Waals surface area contributed by atoms with E-state index in [0.717, 1.165) is 19.2 Å². The summed E-state index contributed by atoms with van der Waals surface area (Å²) in [7, 11) is 0.847. The topological polar surface area (TPSA) is 53.2 Å². The van der Waals surface area contributed by atoms with Crippen molar-refractivity contribution in [1.82, 2.24) is 9.13 Å². The number of halogens is 5. The molecule has 2 aromatic carbocycles. The molecule has 0 bridgehead atoms. The molecule has 0 amide bonds. The summed E-state index contributed by atoms with van der Waals surface area (Å²) in [6.07, 6.45) is -4.90. The van der Waals surface area contributed by atoms with Gasteiger partial charge in [0, 0.05) is 29.8 Å². The molecule has 0 aliphatic carbocycles. The number of ether oxygens (including phenoxy) is 1. The Kier molecular flexibility index (Phi) is 5.52. The van der Waals surface area contributed by atoms with Crippen molar-refractivity contribution in [2.45, 2.75) is 12.8 Å². The lowest BCUT2D eigenvalue weighted by Gasteiger charge is -2.14. The Morgan fingerprint density at radius 2 is 1.76 bits per heavy atom. The summed E-state index contributed by atoms with van der Waals surface area (Å²) in [5.41, 5.74) is -3.89. The minimum absolute atomic E-state index is 0.0421. The van der Waals surface area contributed by atoms with E-state index in [4.69, 9.17) is 16.3 Å². The molecular weight excluding hydrogens is 416 g/mol. The zero-order chi connectivity index (χ0) is 21.3. The number of benzene rings is 2. The average molecular weight is 429 g/mol. The number of aromatic nitrogens is 2. The molecule has 0 N–H and O–H groups in total. The Morgan fingerprint density at radius 1 is 1.07 bits per heavy atom. The van der Waals surface area contributed by atoms with Crippen molar-refractivity contribution in [2.75, 3.05) is 0 Å². The summed E-state index contributed by atoms with van der Waals surface area (Å²) in [5, 5.41) is 0.462. The van der Waals surface area contributed by atoms with Gasteiger partial charge in [0.15, 0.2) is 5.82 Å². The van der Waals surface area contributed by atoms with Crippen LogP contribution in [-0.4, -0.2) is 9.13 Å². The van der Waals surface area contributed by atoms with Crippen LogP contribution in [-0.2, 0) is 19.8 Å². The zero-order valence-corrected chi connectivity index (χ0v) is 15.6. The van der Waals surface area contributed by atoms with Crippen LogP contribution in [0.1, 0.15) is 11.3 Å². The molecule has 0 saturated carbocycles. The minimum atomic E-state index is -4.90. The highest BCUT2D eigenvalue weighted by Gasteiger charge is 2.35. The normalized spacial score (nSPS) is 11.5. The van der Waals surface area contributed by atoms with Crippen molar-refractivity contribution in [3.63, 3.8) is 0 Å². The second kappa shape index (κ2) is 7.75. The lowest BCUT2D eigenvalue weighted by atomic mass is 10.2. The number of nitrogens with zero attached hydrogens (tertiary/aromatic N) is 2. The van der Waals surface area contributed by atoms with Gasteiger partial charge in [-0.15, -0.1) is 0 Å². The summed E-state index contributed by atoms with van der Waals surface area (Å²) in [5.74, 6) is -0.927. The summed E-state index contributed by atoms with van der Waals surface area (Å²) in [6.45, 7) is 0.0421. The standard InChI is InChI=1S/C19H13ClF4N2O3/c1-25-16(19(22,23)24)9-17(27)26(18(25)28)15-7-6-12(8-14(15)21)29-10-11-4-2-3-5-13(11)20/h2-9H,10H2,1H3. The van der Waals surface area contributed by atoms with Crippen molar-refractivity contribution in [1.29, 1.82) is 0 Å². The number of hydrogen-bond acceptors (Lipinski definition) is 3. The van der Waals surface area contributed by atoms with E-state index in [1.54, 1.807) is 24.3 Å². The fourth-order valence-corrected chi connectivity index (χ4v) is 2.84. The molecule has 5 nitrogen and oxygen atoms in total. The van der Waals surface area contributed by atoms with Gasteiger partial charge in [-0.3, -0.25) is 9.36 Å². The highest BCUT2D eigenvalue weighted by Crippen LogP contribution is 2.27. The summed E-state index contributed by atoms with van der Waals surface area (Å²) >= 11 is 6.01. The Bertz CT molecular complexity index is 1190. The molecule has 152 valence electrons. The van der Waals surface area contributed by atoms with Gasteiger partial charge >= 0.3 is 11.9 Å². The second-order valence-electron chi connectivity index (χ2n) is 6.04. The molecule has 1 aromatic heterocycles. The molecular formula is C19H13ClF4N2O3. The molecule has 0 atom stereocenters. The van der Waals surface area contributed by atoms with Gasteiger partial charge in [0.25, 0.3) is 5.56 Å². The van der Waals surface area contributed by atoms with Gasteiger partial charge in [-0.2, -0.15) is 13.2 Å². The molecule has 0 unspecified atom stereocenters. The van der Waals surface area contributed by atoms with Crippen LogP contribution >= 0.6 is 11.6 Å². The van der Waals surface area contributed by atoms with Gasteiger partial charge in [-0.05, 0) is 18.2 Å². The van der Waals surface area contributed by atoms with E-state index in [-0.39, 0.29) is 23.0 Å². The fraction of sp³-hybridized carbons (Fsp3) is 0.158. The third kappa shape index (κ3) is 4.19. The average Bonchev–Trinajstić information content (AvgIpc) is 2.64. The highest BCUT2D eigenvalue weighted by atomic mass is 35.5. The van der Waals surface area contributed by atoms with Gasteiger partial charge in [0.1, 0.15) is 18.1 Å². The smallest absolute Gasteiger partial charge is 0.431 e. The Balaban J connectivity index is 1.95. The van der Waals surface area contributed by atoms with Crippen LogP contribution in [0.2, 0.25) is 5.02 Å². The van der Waals surface area contributed by atoms with E-state index in [1.165, 1.54) is 6.07 Å². The van der Waals surface area contributed by atoms with Crippen LogP contribution in [0.4, 0.5) is 17.6 Å². The van der Waals surface area contributed by atoms with E-state index in [1.807, 2.05) is 0 Å². The van der Waals surface area contributed by atoms with Gasteiger partial charge in [-0.1, -0.05) is 29.8 Å². The van der Waals surface area contributed by atoms with Gasteiger partial charge in [0.2, 0.25) is 0 Å². The molecule has 0 fully saturated rings. The highest BCUT2D eigenvalue weighted by molar-refractivity contribution is 6.31. The van der Waals surface area contributed by atoms with Crippen LogP contribution in [0.25, 0.3) is 5.69 Å². The summed E-state index contributed by atoms with van der Waals surface area (Å²) in [4.78, 5) is 24.3. The van der Waals surface area contributed by atoms with Crippen molar-refractivity contribution >= 4 is 11.6 Å². The Hall–Kier alpha value is -3.07. The lowest BCUT2D eigenvalue weighted by molar-refractivity contribution is -0.144. The Morgan fingerprint density at radius 3 is 2.38 bits per heavy atom. The lowest BCUT2D eigenvalue weighted by Crippen LogP contribution is -2.41. The first-order valence-electron chi connectivity index (χ1n) is 8.16. The Labute approximate surface area is 166 Å². The molecule has 0 radical (unpaired) electrons. The van der Waals surface area contributed by atoms with Crippen molar-refractivity contribution < 1.29 is 22.3 Å². The van der Waals surface area contributed by atoms with E-state index in [0.29, 0.717) is 15.2 Å². The number of hydrogen-bond donors (Lipinski definition) is 0. The van der Waals surface area contributed by atoms with Gasteiger partial charge in [0.05, 0.1) is 5.69 Å². The molecule has 1 heterocycles. The summed E-state index contributed by atoms with van der Waals surface area (Å²) < 4.78 is 59.3. The third-order valence-electron chi connectivity index (χ3n) is 4.12. The quantitative estimate of drug-likeness (QED) is 0.592. The van der Waals surface area contributed by atoms with Crippen LogP contribution < -0.4 is 16.0 Å². The predicted molar refractivity (Wildman–Crippen MR) is 98.0 cm³/mol. The van der Waals surface area contributed by atoms with Crippen molar-refractivity contribution in [3.8, 4) is 11.4 Å². The maximum absolute atomic E-state index is 14.5. The molecule has 0 aliphatic heterocycles. The first-order chi connectivity index (χ1) is 13.6. The van der Waals surface area contributed by atoms with E-state index < -0.39 is 34.6 Å². The van der Waals surface area contributed by atoms with Gasteiger partial charge in [-0.25, -0.2) is 13.8 Å². The first-order valence-corrected chi connectivity index (χ1v) is 8.54. The molecule has 29 heavy (non-hydrogen) atoms. The number of rotatable bonds is 4. The van der Waals surface area contributed by atoms with E-state index in [2.05, 4.69) is 0 Å². The summed E-state index contributed by atoms with van der Waals surface area (Å²) in [6, 6.07) is 10.4. The SMILES string of the molecule is Cn1c(C(F)(F)F)cc(=O)n(-c2ccc(OCc3ccccc3Cl)cc2F)c1=O. The van der Waals surface area contributed by atoms with Gasteiger partial charge < -0.3 is 4.74 Å². The zero-order valence-electron chi connectivity index (χ0n) is 14.8. The van der Waals surface area contributed by atoms with E-state index >= 15 is 0 Å². The van der Waals surface area contributed by atoms with Crippen molar-refractivity contribution in [3.05, 3.63) is 91.5 Å². The second-order valence-corrected chi connectivity index (χ2v) is 6.44. The monoisotopic (exact) mass is 428 g/mol. The molecule has 0 saturated heterocycles. The molecule has 3 aromatic rings. The first kappa shape index (κ1) is 20.7. The maximum Gasteiger partial charge on any atom is 0.431 e. The van der Waals surface area contributed by atoms with E-state index in [9.17, 15) is 27.2 Å². The van der Waals surface area contributed by atoms with Crippen molar-refractivity contribution in [2.24, 2.45) is 7.05 Å². The fourth-order valence-electron chi connectivity index (χ4n) is 2.65. The predicted octanol–water partition coefficient (Wildman–Crippen LogP) is 3.93. The van der Waals surface area contributed by atoms with Crippen LogP contribution in [0, 0.1) is 5.82 Å². The molecule has 0 aliphatic rings. The molecule has 10 heteroatoms. The van der Waals surface area contributed by atoms with Crippen LogP contribution in [0.3, 0.4) is 0 Å². The largest absolute Gasteiger partial charge is 0.489 e. The van der Waals surface area contributed by atoms with Crippen LogP contribution in [0.5, 0.6) is 5.75 Å². The molecule has 0 spiro atoms. The maximum atomic E-state index is 14.5. The minimum Gasteiger partial charge on any atom is -0.489 e. The van der Waals surface area contributed by atoms with Crippen LogP contribution in [0.15, 0.2) is 58.1 Å². The third-order valence-corrected chi connectivity index (χ3v) is 4.49. The number of alkyl halides is 3.